The number of carbonyl (C=O) groups is 1. The van der Waals surface area contributed by atoms with Crippen molar-refractivity contribution in [1.82, 2.24) is 9.80 Å². The summed E-state index contributed by atoms with van der Waals surface area (Å²) in [6.45, 7) is 15.3. The van der Waals surface area contributed by atoms with Crippen molar-refractivity contribution >= 4 is 5.91 Å². The van der Waals surface area contributed by atoms with E-state index >= 15 is 0 Å². The van der Waals surface area contributed by atoms with Gasteiger partial charge in [0.1, 0.15) is 0 Å². The van der Waals surface area contributed by atoms with Gasteiger partial charge in [-0.3, -0.25) is 4.79 Å². The molecule has 2 aliphatic heterocycles. The lowest BCUT2D eigenvalue weighted by Gasteiger charge is -2.59. The predicted molar refractivity (Wildman–Crippen MR) is 97.4 cm³/mol. The second-order valence-corrected chi connectivity index (χ2v) is 8.21. The number of amides is 1. The molecule has 1 aliphatic carbocycles. The molecule has 0 radical (unpaired) electrons. The molecule has 1 saturated carbocycles. The molecule has 0 aromatic rings. The monoisotopic (exact) mass is 322 g/mol. The number of likely N-dealkylation sites (tertiary alicyclic amines) is 2. The number of rotatable bonds is 4. The molecular weight excluding hydrogens is 284 g/mol. The lowest BCUT2D eigenvalue weighted by molar-refractivity contribution is -0.156. The zero-order valence-electron chi connectivity index (χ0n) is 16.1. The first-order chi connectivity index (χ1) is 11.0. The SMILES string of the molecule is CC.CCC1CC2(C1)CN(C(=O)CC1CCN(C(C)C)CC1)C2. The quantitative estimate of drug-likeness (QED) is 0.775. The molecule has 0 aromatic heterocycles. The highest BCUT2D eigenvalue weighted by Crippen LogP contribution is 2.53. The highest BCUT2D eigenvalue weighted by molar-refractivity contribution is 5.77. The van der Waals surface area contributed by atoms with Crippen LogP contribution in [0.4, 0.5) is 0 Å². The van der Waals surface area contributed by atoms with Crippen molar-refractivity contribution < 1.29 is 4.79 Å². The third-order valence-electron chi connectivity index (χ3n) is 6.27. The normalized spacial score (nSPS) is 24.9. The highest BCUT2D eigenvalue weighted by atomic mass is 16.2. The van der Waals surface area contributed by atoms with Crippen LogP contribution in [0.2, 0.25) is 0 Å². The molecule has 3 aliphatic rings. The van der Waals surface area contributed by atoms with Crippen LogP contribution in [0.5, 0.6) is 0 Å². The Hall–Kier alpha value is -0.570. The van der Waals surface area contributed by atoms with E-state index in [-0.39, 0.29) is 0 Å². The van der Waals surface area contributed by atoms with Gasteiger partial charge in [0.05, 0.1) is 0 Å². The van der Waals surface area contributed by atoms with Crippen molar-refractivity contribution in [2.24, 2.45) is 17.3 Å². The minimum absolute atomic E-state index is 0.434. The highest BCUT2D eigenvalue weighted by Gasteiger charge is 2.52. The van der Waals surface area contributed by atoms with Crippen LogP contribution in [0.15, 0.2) is 0 Å². The molecule has 3 heteroatoms. The molecule has 2 heterocycles. The molecule has 2 saturated heterocycles. The predicted octanol–water partition coefficient (Wildman–Crippen LogP) is 4.17. The van der Waals surface area contributed by atoms with Crippen molar-refractivity contribution in [3.05, 3.63) is 0 Å². The molecule has 3 nitrogen and oxygen atoms in total. The summed E-state index contributed by atoms with van der Waals surface area (Å²) in [6.07, 6.45) is 7.30. The van der Waals surface area contributed by atoms with Crippen molar-refractivity contribution in [3.8, 4) is 0 Å². The van der Waals surface area contributed by atoms with Crippen LogP contribution in [0.25, 0.3) is 0 Å². The molecule has 1 amide bonds. The Labute approximate surface area is 143 Å². The zero-order chi connectivity index (χ0) is 17.0. The number of piperidine rings is 1. The number of hydrogen-bond donors (Lipinski definition) is 0. The van der Waals surface area contributed by atoms with Gasteiger partial charge in [-0.1, -0.05) is 27.2 Å². The van der Waals surface area contributed by atoms with Gasteiger partial charge in [0.15, 0.2) is 0 Å². The van der Waals surface area contributed by atoms with Crippen LogP contribution in [0.3, 0.4) is 0 Å². The maximum atomic E-state index is 12.4. The fourth-order valence-electron chi connectivity index (χ4n) is 4.70. The average molecular weight is 323 g/mol. The van der Waals surface area contributed by atoms with Gasteiger partial charge in [0, 0.05) is 31.0 Å². The summed E-state index contributed by atoms with van der Waals surface area (Å²) < 4.78 is 0. The second kappa shape index (κ2) is 8.00. The Balaban J connectivity index is 0.000000924. The largest absolute Gasteiger partial charge is 0.341 e. The summed E-state index contributed by atoms with van der Waals surface area (Å²) in [5.41, 5.74) is 0.553. The third kappa shape index (κ3) is 4.29. The van der Waals surface area contributed by atoms with Gasteiger partial charge in [-0.25, -0.2) is 0 Å². The van der Waals surface area contributed by atoms with Crippen molar-refractivity contribution in [2.45, 2.75) is 79.2 Å². The summed E-state index contributed by atoms with van der Waals surface area (Å²) in [5.74, 6) is 2.01. The van der Waals surface area contributed by atoms with E-state index in [1.807, 2.05) is 13.8 Å². The van der Waals surface area contributed by atoms with E-state index in [0.29, 0.717) is 23.3 Å². The van der Waals surface area contributed by atoms with Crippen LogP contribution in [-0.2, 0) is 4.79 Å². The summed E-state index contributed by atoms with van der Waals surface area (Å²) in [5, 5.41) is 0. The Kier molecular flexibility index (Phi) is 6.53. The molecule has 3 fully saturated rings. The van der Waals surface area contributed by atoms with E-state index in [9.17, 15) is 4.79 Å². The average Bonchev–Trinajstić information content (AvgIpc) is 2.47. The molecule has 0 atom stereocenters. The summed E-state index contributed by atoms with van der Waals surface area (Å²) >= 11 is 0. The van der Waals surface area contributed by atoms with E-state index in [1.165, 1.54) is 45.2 Å². The third-order valence-corrected chi connectivity index (χ3v) is 6.27. The fourth-order valence-corrected chi connectivity index (χ4v) is 4.70. The standard InChI is InChI=1S/C18H32N2O.C2H6/c1-4-15-10-18(11-15)12-20(13-18)17(21)9-16-5-7-19(8-6-16)14(2)3;1-2/h14-16H,4-13H2,1-3H3;1-2H3. The molecule has 134 valence electrons. The summed E-state index contributed by atoms with van der Waals surface area (Å²) in [7, 11) is 0. The zero-order valence-corrected chi connectivity index (χ0v) is 16.1. The van der Waals surface area contributed by atoms with Crippen molar-refractivity contribution in [1.29, 1.82) is 0 Å². The summed E-state index contributed by atoms with van der Waals surface area (Å²) in [4.78, 5) is 17.1. The molecule has 3 rings (SSSR count). The topological polar surface area (TPSA) is 23.6 Å². The number of hydrogen-bond acceptors (Lipinski definition) is 2. The smallest absolute Gasteiger partial charge is 0.222 e. The van der Waals surface area contributed by atoms with Gasteiger partial charge in [0.2, 0.25) is 5.91 Å². The van der Waals surface area contributed by atoms with Crippen LogP contribution in [0.1, 0.15) is 73.1 Å². The van der Waals surface area contributed by atoms with Gasteiger partial charge >= 0.3 is 0 Å². The van der Waals surface area contributed by atoms with E-state index in [2.05, 4.69) is 30.6 Å². The van der Waals surface area contributed by atoms with Gasteiger partial charge in [-0.05, 0) is 64.5 Å². The summed E-state index contributed by atoms with van der Waals surface area (Å²) in [6, 6.07) is 0.655. The maximum Gasteiger partial charge on any atom is 0.222 e. The lowest BCUT2D eigenvalue weighted by Crippen LogP contribution is -2.63. The van der Waals surface area contributed by atoms with Crippen LogP contribution < -0.4 is 0 Å². The molecule has 0 aromatic carbocycles. The van der Waals surface area contributed by atoms with Gasteiger partial charge < -0.3 is 9.80 Å². The first-order valence-electron chi connectivity index (χ1n) is 10.0. The van der Waals surface area contributed by atoms with Crippen LogP contribution in [-0.4, -0.2) is 47.9 Å². The second-order valence-electron chi connectivity index (χ2n) is 8.21. The van der Waals surface area contributed by atoms with Crippen LogP contribution >= 0.6 is 0 Å². The molecular formula is C20H38N2O. The van der Waals surface area contributed by atoms with Gasteiger partial charge in [0.25, 0.3) is 0 Å². The number of carbonyl (C=O) groups excluding carboxylic acids is 1. The Morgan fingerprint density at radius 3 is 2.13 bits per heavy atom. The number of nitrogens with zero attached hydrogens (tertiary/aromatic N) is 2. The molecule has 0 bridgehead atoms. The molecule has 0 unspecified atom stereocenters. The van der Waals surface area contributed by atoms with Gasteiger partial charge in [-0.15, -0.1) is 0 Å². The van der Waals surface area contributed by atoms with Gasteiger partial charge in [-0.2, -0.15) is 0 Å². The van der Waals surface area contributed by atoms with E-state index in [4.69, 9.17) is 0 Å². The Bertz CT molecular complexity index is 371. The lowest BCUT2D eigenvalue weighted by atomic mass is 9.57. The molecule has 23 heavy (non-hydrogen) atoms. The van der Waals surface area contributed by atoms with Crippen molar-refractivity contribution in [3.63, 3.8) is 0 Å². The minimum Gasteiger partial charge on any atom is -0.341 e. The van der Waals surface area contributed by atoms with Crippen LogP contribution in [0, 0.1) is 17.3 Å². The first kappa shape index (κ1) is 18.8. The van der Waals surface area contributed by atoms with E-state index in [1.54, 1.807) is 0 Å². The minimum atomic E-state index is 0.434. The van der Waals surface area contributed by atoms with Crippen molar-refractivity contribution in [2.75, 3.05) is 26.2 Å². The molecule has 0 N–H and O–H groups in total. The Morgan fingerprint density at radius 2 is 1.65 bits per heavy atom. The maximum absolute atomic E-state index is 12.4. The van der Waals surface area contributed by atoms with E-state index in [0.717, 1.165) is 25.4 Å². The first-order valence-corrected chi connectivity index (χ1v) is 10.0. The molecule has 1 spiro atoms. The Morgan fingerprint density at radius 1 is 1.09 bits per heavy atom. The fraction of sp³-hybridized carbons (Fsp3) is 0.950. The van der Waals surface area contributed by atoms with E-state index < -0.39 is 0 Å².